The average Bonchev–Trinajstić information content (AvgIpc) is 3.07. The summed E-state index contributed by atoms with van der Waals surface area (Å²) in [4.78, 5) is 13.3. The number of anilines is 1. The molecule has 3 aromatic carbocycles. The Morgan fingerprint density at radius 2 is 1.64 bits per heavy atom. The number of fused-ring (bicyclic) bond motifs is 1. The van der Waals surface area contributed by atoms with Gasteiger partial charge in [0.2, 0.25) is 5.91 Å². The minimum Gasteiger partial charge on any atom is -0.342 e. The Labute approximate surface area is 167 Å². The van der Waals surface area contributed by atoms with Gasteiger partial charge in [0.05, 0.1) is 5.75 Å². The minimum atomic E-state index is -0.321. The van der Waals surface area contributed by atoms with Gasteiger partial charge in [0.1, 0.15) is 5.82 Å². The summed E-state index contributed by atoms with van der Waals surface area (Å²) >= 11 is 1.50. The number of carbonyl (C=O) groups excluding carboxylic acids is 1. The highest BCUT2D eigenvalue weighted by molar-refractivity contribution is 8.00. The van der Waals surface area contributed by atoms with Crippen molar-refractivity contribution in [2.75, 3.05) is 11.1 Å². The molecule has 4 aromatic rings. The summed E-state index contributed by atoms with van der Waals surface area (Å²) in [5.74, 6) is -0.147. The zero-order valence-electron chi connectivity index (χ0n) is 15.1. The SMILES string of the molecule is O=C(CSc1cn(Cc2ccccc2)c2ccccc12)Nc1ccc(F)cc1. The first-order valence-corrected chi connectivity index (χ1v) is 9.97. The molecular formula is C23H19FN2OS. The fourth-order valence-corrected chi connectivity index (χ4v) is 4.00. The van der Waals surface area contributed by atoms with Crippen LogP contribution >= 0.6 is 11.8 Å². The summed E-state index contributed by atoms with van der Waals surface area (Å²) in [5.41, 5.74) is 2.97. The summed E-state index contributed by atoms with van der Waals surface area (Å²) in [7, 11) is 0. The van der Waals surface area contributed by atoms with E-state index in [2.05, 4.69) is 40.3 Å². The average molecular weight is 390 g/mol. The van der Waals surface area contributed by atoms with E-state index in [1.54, 1.807) is 12.1 Å². The number of halogens is 1. The van der Waals surface area contributed by atoms with Crippen LogP contribution < -0.4 is 5.32 Å². The van der Waals surface area contributed by atoms with Crippen molar-refractivity contribution in [2.24, 2.45) is 0 Å². The molecule has 0 spiro atoms. The van der Waals surface area contributed by atoms with E-state index in [1.807, 2.05) is 30.3 Å². The summed E-state index contributed by atoms with van der Waals surface area (Å²) in [5, 5.41) is 3.94. The van der Waals surface area contributed by atoms with E-state index >= 15 is 0 Å². The number of aromatic nitrogens is 1. The molecule has 0 bridgehead atoms. The lowest BCUT2D eigenvalue weighted by molar-refractivity contribution is -0.113. The van der Waals surface area contributed by atoms with Crippen LogP contribution in [-0.2, 0) is 11.3 Å². The monoisotopic (exact) mass is 390 g/mol. The highest BCUT2D eigenvalue weighted by Gasteiger charge is 2.11. The third kappa shape index (κ3) is 4.26. The Morgan fingerprint density at radius 1 is 0.929 bits per heavy atom. The van der Waals surface area contributed by atoms with Gasteiger partial charge in [-0.1, -0.05) is 48.5 Å². The number of carbonyl (C=O) groups is 1. The van der Waals surface area contributed by atoms with Gasteiger partial charge in [-0.15, -0.1) is 11.8 Å². The van der Waals surface area contributed by atoms with Gasteiger partial charge in [-0.3, -0.25) is 4.79 Å². The molecule has 4 rings (SSSR count). The molecule has 0 fully saturated rings. The Kier molecular flexibility index (Phi) is 5.44. The van der Waals surface area contributed by atoms with Crippen LogP contribution in [-0.4, -0.2) is 16.2 Å². The number of rotatable bonds is 6. The standard InChI is InChI=1S/C23H19FN2OS/c24-18-10-12-19(13-11-18)25-23(27)16-28-22-15-26(14-17-6-2-1-3-7-17)21-9-5-4-8-20(21)22/h1-13,15H,14,16H2,(H,25,27). The third-order valence-corrected chi connectivity index (χ3v) is 5.48. The molecule has 0 aliphatic heterocycles. The highest BCUT2D eigenvalue weighted by Crippen LogP contribution is 2.30. The summed E-state index contributed by atoms with van der Waals surface area (Å²) in [6.45, 7) is 0.781. The number of amides is 1. The Balaban J connectivity index is 1.49. The molecule has 0 unspecified atom stereocenters. The molecule has 28 heavy (non-hydrogen) atoms. The molecule has 0 atom stereocenters. The Bertz CT molecular complexity index is 1090. The second kappa shape index (κ2) is 8.31. The summed E-state index contributed by atoms with van der Waals surface area (Å²) in [6, 6.07) is 24.3. The van der Waals surface area contributed by atoms with Gasteiger partial charge in [-0.05, 0) is 35.9 Å². The van der Waals surface area contributed by atoms with Crippen molar-refractivity contribution < 1.29 is 9.18 Å². The van der Waals surface area contributed by atoms with Crippen LogP contribution in [0.15, 0.2) is 90.0 Å². The van der Waals surface area contributed by atoms with Crippen molar-refractivity contribution in [1.82, 2.24) is 4.57 Å². The molecule has 1 amide bonds. The first-order valence-electron chi connectivity index (χ1n) is 8.99. The molecule has 1 aromatic heterocycles. The number of thioether (sulfide) groups is 1. The Hall–Kier alpha value is -3.05. The minimum absolute atomic E-state index is 0.114. The molecule has 3 nitrogen and oxygen atoms in total. The van der Waals surface area contributed by atoms with Crippen molar-refractivity contribution in [3.05, 3.63) is 96.4 Å². The van der Waals surface area contributed by atoms with E-state index < -0.39 is 0 Å². The molecule has 0 aliphatic rings. The maximum atomic E-state index is 13.0. The predicted octanol–water partition coefficient (Wildman–Crippen LogP) is 5.56. The molecule has 0 saturated carbocycles. The van der Waals surface area contributed by atoms with Gasteiger partial charge in [-0.25, -0.2) is 4.39 Å². The lowest BCUT2D eigenvalue weighted by atomic mass is 10.2. The molecular weight excluding hydrogens is 371 g/mol. The van der Waals surface area contributed by atoms with Crippen molar-refractivity contribution >= 4 is 34.3 Å². The lowest BCUT2D eigenvalue weighted by Crippen LogP contribution is -2.13. The van der Waals surface area contributed by atoms with Gasteiger partial charge in [0.25, 0.3) is 0 Å². The molecule has 140 valence electrons. The largest absolute Gasteiger partial charge is 0.342 e. The number of hydrogen-bond acceptors (Lipinski definition) is 2. The van der Waals surface area contributed by atoms with E-state index in [0.717, 1.165) is 22.3 Å². The Morgan fingerprint density at radius 3 is 2.43 bits per heavy atom. The van der Waals surface area contributed by atoms with Gasteiger partial charge in [0.15, 0.2) is 0 Å². The van der Waals surface area contributed by atoms with E-state index in [0.29, 0.717) is 5.69 Å². The van der Waals surface area contributed by atoms with Crippen molar-refractivity contribution in [1.29, 1.82) is 0 Å². The maximum Gasteiger partial charge on any atom is 0.234 e. The van der Waals surface area contributed by atoms with Crippen LogP contribution in [0, 0.1) is 5.82 Å². The lowest BCUT2D eigenvalue weighted by Gasteiger charge is -2.05. The van der Waals surface area contributed by atoms with E-state index in [1.165, 1.54) is 29.5 Å². The number of hydrogen-bond donors (Lipinski definition) is 1. The molecule has 0 saturated heterocycles. The number of nitrogens with one attached hydrogen (secondary N) is 1. The fourth-order valence-electron chi connectivity index (χ4n) is 3.11. The van der Waals surface area contributed by atoms with Gasteiger partial charge in [0, 0.05) is 34.2 Å². The first kappa shape index (κ1) is 18.3. The third-order valence-electron chi connectivity index (χ3n) is 4.43. The normalized spacial score (nSPS) is 10.9. The van der Waals surface area contributed by atoms with Crippen LogP contribution in [0.1, 0.15) is 5.56 Å². The zero-order valence-corrected chi connectivity index (χ0v) is 16.0. The number of nitrogens with zero attached hydrogens (tertiary/aromatic N) is 1. The molecule has 5 heteroatoms. The van der Waals surface area contributed by atoms with E-state index in [9.17, 15) is 9.18 Å². The molecule has 1 heterocycles. The van der Waals surface area contributed by atoms with Crippen molar-refractivity contribution in [3.63, 3.8) is 0 Å². The second-order valence-corrected chi connectivity index (χ2v) is 7.48. The second-order valence-electron chi connectivity index (χ2n) is 6.47. The van der Waals surface area contributed by atoms with Crippen LogP contribution in [0.3, 0.4) is 0 Å². The first-order chi connectivity index (χ1) is 13.7. The topological polar surface area (TPSA) is 34.0 Å². The van der Waals surface area contributed by atoms with Crippen molar-refractivity contribution in [2.45, 2.75) is 11.4 Å². The van der Waals surface area contributed by atoms with Gasteiger partial charge >= 0.3 is 0 Å². The fraction of sp³-hybridized carbons (Fsp3) is 0.0870. The maximum absolute atomic E-state index is 13.0. The van der Waals surface area contributed by atoms with Crippen LogP contribution in [0.5, 0.6) is 0 Å². The summed E-state index contributed by atoms with van der Waals surface area (Å²) < 4.78 is 15.2. The van der Waals surface area contributed by atoms with Crippen LogP contribution in [0.25, 0.3) is 10.9 Å². The quantitative estimate of drug-likeness (QED) is 0.437. The van der Waals surface area contributed by atoms with E-state index in [4.69, 9.17) is 0 Å². The smallest absolute Gasteiger partial charge is 0.234 e. The van der Waals surface area contributed by atoms with Crippen LogP contribution in [0.2, 0.25) is 0 Å². The number of para-hydroxylation sites is 1. The molecule has 0 aliphatic carbocycles. The molecule has 1 N–H and O–H groups in total. The van der Waals surface area contributed by atoms with Gasteiger partial charge < -0.3 is 9.88 Å². The zero-order chi connectivity index (χ0) is 19.3. The highest BCUT2D eigenvalue weighted by atomic mass is 32.2. The molecule has 0 radical (unpaired) electrons. The predicted molar refractivity (Wildman–Crippen MR) is 113 cm³/mol. The summed E-state index contributed by atoms with van der Waals surface area (Å²) in [6.07, 6.45) is 2.10. The van der Waals surface area contributed by atoms with Crippen molar-refractivity contribution in [3.8, 4) is 0 Å². The van der Waals surface area contributed by atoms with Crippen LogP contribution in [0.4, 0.5) is 10.1 Å². The van der Waals surface area contributed by atoms with Gasteiger partial charge in [-0.2, -0.15) is 0 Å². The van der Waals surface area contributed by atoms with E-state index in [-0.39, 0.29) is 17.5 Å². The number of benzene rings is 3.